The second kappa shape index (κ2) is 23.7. The van der Waals surface area contributed by atoms with Gasteiger partial charge in [0.05, 0.1) is 27.4 Å². The highest BCUT2D eigenvalue weighted by Crippen LogP contribution is 2.49. The minimum absolute atomic E-state index is 0.0303. The van der Waals surface area contributed by atoms with Crippen LogP contribution in [0.3, 0.4) is 0 Å². The maximum absolute atomic E-state index is 13.7. The van der Waals surface area contributed by atoms with Gasteiger partial charge in [0.1, 0.15) is 17.2 Å². The Morgan fingerprint density at radius 1 is 0.462 bits per heavy atom. The summed E-state index contributed by atoms with van der Waals surface area (Å²) in [5.74, 6) is 4.36. The van der Waals surface area contributed by atoms with Crippen molar-refractivity contribution in [2.45, 2.75) is 113 Å². The predicted octanol–water partition coefficient (Wildman–Crippen LogP) is 13.4. The number of aryl methyl sites for hydroxylation is 1. The van der Waals surface area contributed by atoms with E-state index in [1.807, 2.05) is 109 Å². The number of hydrogen-bond acceptors (Lipinski definition) is 7. The number of amides is 3. The standard InChI is InChI=1S/C26H27NO3.C22H25NO3.C20H21NO/c1-29-18-12-13-20-21-11-6-14-27(24(21)16-25(30-2)23(20)15-18)26(28)22-10-5-8-17-7-3-4-9-19(17)22;1-25-19-12-13-20(26-2)21-16-9-6-14-23(18(16)11-10-17(19)21)22(24)15-7-4-3-5-8-15;22-20(16-8-2-1-3-9-16)21-14-6-11-18-17-10-5-4-7-15(17)12-13-19(18)21/h3-5,7-10,12-13,15,21,24-25H,6,11,14,16H2,1-2H3;3-5,7-8,12-13,16,18H,6,9-11,14H2,1-2H3;1-5,7-10,18-19H,6,11-14H2/t21?,24-,25?;;/m1../s1. The molecule has 10 heteroatoms. The van der Waals surface area contributed by atoms with Crippen LogP contribution in [-0.4, -0.2) is 98.6 Å². The first-order valence-electron chi connectivity index (χ1n) is 28.3. The van der Waals surface area contributed by atoms with Gasteiger partial charge in [-0.3, -0.25) is 14.4 Å². The van der Waals surface area contributed by atoms with Crippen LogP contribution in [-0.2, 0) is 17.6 Å². The number of carbonyl (C=O) groups is 3. The van der Waals surface area contributed by atoms with Crippen molar-refractivity contribution in [1.82, 2.24) is 14.7 Å². The Morgan fingerprint density at radius 3 is 1.69 bits per heavy atom. The van der Waals surface area contributed by atoms with Gasteiger partial charge in [0.2, 0.25) is 0 Å². The van der Waals surface area contributed by atoms with Gasteiger partial charge in [-0.25, -0.2) is 0 Å². The summed E-state index contributed by atoms with van der Waals surface area (Å²) in [4.78, 5) is 46.1. The Morgan fingerprint density at radius 2 is 1.03 bits per heavy atom. The van der Waals surface area contributed by atoms with Crippen LogP contribution in [0.25, 0.3) is 10.8 Å². The SMILES string of the molecule is COc1ccc(OC)c2c1CCC1C2CCCN1C(=O)c1ccccc1.COc1ccc2c(c1)C(OC)C[C@@H]1C2CCCN1C(=O)c1cccc2ccccc12.O=C(c1ccccc1)N1CCCC2c3ccccc3CCC21. The monoisotopic (exact) mass is 1040 g/mol. The minimum Gasteiger partial charge on any atom is -0.497 e. The van der Waals surface area contributed by atoms with Gasteiger partial charge in [0.25, 0.3) is 17.7 Å². The molecule has 402 valence electrons. The van der Waals surface area contributed by atoms with E-state index in [2.05, 4.69) is 63.2 Å². The Hall–Kier alpha value is -7.43. The van der Waals surface area contributed by atoms with Crippen LogP contribution in [0, 0.1) is 0 Å². The average molecular weight is 1040 g/mol. The Labute approximate surface area is 460 Å². The van der Waals surface area contributed by atoms with Gasteiger partial charge >= 0.3 is 0 Å². The lowest BCUT2D eigenvalue weighted by Gasteiger charge is -2.47. The van der Waals surface area contributed by atoms with Crippen molar-refractivity contribution in [2.75, 3.05) is 48.1 Å². The molecule has 3 fully saturated rings. The van der Waals surface area contributed by atoms with Gasteiger partial charge in [0, 0.05) is 90.4 Å². The summed E-state index contributed by atoms with van der Waals surface area (Å²) in [7, 11) is 6.90. The van der Waals surface area contributed by atoms with Gasteiger partial charge in [-0.1, -0.05) is 103 Å². The van der Waals surface area contributed by atoms with Crippen LogP contribution in [0.15, 0.2) is 158 Å². The molecule has 10 nitrogen and oxygen atoms in total. The molecule has 13 rings (SSSR count). The minimum atomic E-state index is -0.0303. The third-order valence-corrected chi connectivity index (χ3v) is 17.9. The molecule has 6 unspecified atom stereocenters. The molecule has 0 spiro atoms. The van der Waals surface area contributed by atoms with E-state index in [1.165, 1.54) is 39.8 Å². The van der Waals surface area contributed by atoms with Gasteiger partial charge in [-0.2, -0.15) is 0 Å². The number of likely N-dealkylation sites (tertiary alicyclic amines) is 3. The van der Waals surface area contributed by atoms with Crippen molar-refractivity contribution in [2.24, 2.45) is 0 Å². The number of nitrogens with zero attached hydrogens (tertiary/aromatic N) is 3. The fraction of sp³-hybridized carbons (Fsp3) is 0.368. The van der Waals surface area contributed by atoms with Crippen molar-refractivity contribution in [3.8, 4) is 17.2 Å². The molecule has 7 aromatic rings. The van der Waals surface area contributed by atoms with Crippen LogP contribution in [0.5, 0.6) is 17.2 Å². The number of rotatable bonds is 7. The number of benzene rings is 7. The largest absolute Gasteiger partial charge is 0.497 e. The zero-order valence-corrected chi connectivity index (χ0v) is 45.7. The molecule has 3 aliphatic carbocycles. The fourth-order valence-corrected chi connectivity index (χ4v) is 14.3. The molecule has 3 heterocycles. The molecule has 3 amide bonds. The summed E-state index contributed by atoms with van der Waals surface area (Å²) in [6, 6.07) is 53.3. The third-order valence-electron chi connectivity index (χ3n) is 17.9. The molecule has 0 saturated carbocycles. The predicted molar refractivity (Wildman–Crippen MR) is 307 cm³/mol. The molecule has 3 saturated heterocycles. The summed E-state index contributed by atoms with van der Waals surface area (Å²) in [5.41, 5.74) is 10.4. The summed E-state index contributed by atoms with van der Waals surface area (Å²) in [6.45, 7) is 2.53. The topological polar surface area (TPSA) is 97.9 Å². The van der Waals surface area contributed by atoms with Crippen LogP contribution in [0.1, 0.15) is 146 Å². The van der Waals surface area contributed by atoms with Gasteiger partial charge in [0.15, 0.2) is 0 Å². The summed E-state index contributed by atoms with van der Waals surface area (Å²) >= 11 is 0. The number of piperidine rings is 3. The van der Waals surface area contributed by atoms with Crippen molar-refractivity contribution in [1.29, 1.82) is 0 Å². The summed E-state index contributed by atoms with van der Waals surface area (Å²) in [5, 5.41) is 2.13. The van der Waals surface area contributed by atoms with Crippen LogP contribution < -0.4 is 14.2 Å². The first-order chi connectivity index (χ1) is 38.3. The van der Waals surface area contributed by atoms with Crippen molar-refractivity contribution >= 4 is 28.5 Å². The zero-order valence-electron chi connectivity index (χ0n) is 45.7. The molecule has 3 aliphatic heterocycles. The van der Waals surface area contributed by atoms with E-state index in [-0.39, 0.29) is 35.9 Å². The number of carbonyl (C=O) groups excluding carboxylic acids is 3. The van der Waals surface area contributed by atoms with E-state index in [4.69, 9.17) is 18.9 Å². The molecule has 0 aromatic heterocycles. The number of hydrogen-bond donors (Lipinski definition) is 0. The highest BCUT2D eigenvalue weighted by molar-refractivity contribution is 6.07. The van der Waals surface area contributed by atoms with Crippen LogP contribution in [0.4, 0.5) is 0 Å². The summed E-state index contributed by atoms with van der Waals surface area (Å²) < 4.78 is 22.6. The first kappa shape index (κ1) is 52.6. The Kier molecular flexibility index (Phi) is 16.0. The molecule has 7 aromatic carbocycles. The third kappa shape index (κ3) is 10.3. The first-order valence-corrected chi connectivity index (χ1v) is 28.3. The molecule has 78 heavy (non-hydrogen) atoms. The lowest BCUT2D eigenvalue weighted by atomic mass is 9.73. The Bertz CT molecular complexity index is 3250. The molecule has 0 N–H and O–H groups in total. The average Bonchev–Trinajstić information content (AvgIpc) is 3.67. The number of methoxy groups -OCH3 is 4. The van der Waals surface area contributed by atoms with E-state index in [1.54, 1.807) is 28.4 Å². The highest BCUT2D eigenvalue weighted by atomic mass is 16.5. The van der Waals surface area contributed by atoms with E-state index in [0.717, 1.165) is 129 Å². The van der Waals surface area contributed by atoms with Gasteiger partial charge < -0.3 is 33.6 Å². The van der Waals surface area contributed by atoms with E-state index < -0.39 is 0 Å². The zero-order chi connectivity index (χ0) is 53.7. The van der Waals surface area contributed by atoms with Crippen LogP contribution in [0.2, 0.25) is 0 Å². The lowest BCUT2D eigenvalue weighted by Crippen LogP contribution is -2.50. The highest BCUT2D eigenvalue weighted by Gasteiger charge is 2.44. The van der Waals surface area contributed by atoms with Crippen LogP contribution >= 0.6 is 0 Å². The van der Waals surface area contributed by atoms with Gasteiger partial charge in [-0.05, 0) is 158 Å². The quantitative estimate of drug-likeness (QED) is 0.157. The Balaban J connectivity index is 0.000000126. The van der Waals surface area contributed by atoms with Gasteiger partial charge in [-0.15, -0.1) is 0 Å². The number of fused-ring (bicyclic) bond motifs is 10. The molecule has 6 aliphatic rings. The normalized spacial score (nSPS) is 22.7. The lowest BCUT2D eigenvalue weighted by molar-refractivity contribution is 0.0218. The van der Waals surface area contributed by atoms with E-state index in [0.29, 0.717) is 23.8 Å². The number of ether oxygens (including phenoxy) is 4. The molecular weight excluding hydrogens is 971 g/mol. The maximum atomic E-state index is 13.7. The van der Waals surface area contributed by atoms with E-state index >= 15 is 0 Å². The maximum Gasteiger partial charge on any atom is 0.254 e. The van der Waals surface area contributed by atoms with Crippen molar-refractivity contribution in [3.05, 3.63) is 208 Å². The van der Waals surface area contributed by atoms with E-state index in [9.17, 15) is 14.4 Å². The molecule has 0 radical (unpaired) electrons. The molecule has 0 bridgehead atoms. The van der Waals surface area contributed by atoms with Crippen molar-refractivity contribution in [3.63, 3.8) is 0 Å². The summed E-state index contributed by atoms with van der Waals surface area (Å²) in [6.07, 6.45) is 11.4. The second-order valence-corrected chi connectivity index (χ2v) is 21.8. The fourth-order valence-electron chi connectivity index (χ4n) is 14.3. The smallest absolute Gasteiger partial charge is 0.254 e. The molecular formula is C68H73N3O7. The molecule has 7 atom stereocenters. The second-order valence-electron chi connectivity index (χ2n) is 21.8. The van der Waals surface area contributed by atoms with Crippen molar-refractivity contribution < 1.29 is 33.3 Å².